The predicted octanol–water partition coefficient (Wildman–Crippen LogP) is 3.84. The molecule has 4 nitrogen and oxygen atoms in total. The summed E-state index contributed by atoms with van der Waals surface area (Å²) in [6.45, 7) is 5.36. The van der Waals surface area contributed by atoms with Gasteiger partial charge in [-0.3, -0.25) is 4.79 Å². The van der Waals surface area contributed by atoms with E-state index in [0.717, 1.165) is 5.56 Å². The third-order valence-electron chi connectivity index (χ3n) is 3.22. The molecule has 0 spiro atoms. The fourth-order valence-electron chi connectivity index (χ4n) is 2.22. The Bertz CT molecular complexity index is 713. The van der Waals surface area contributed by atoms with Crippen LogP contribution in [-0.4, -0.2) is 16.6 Å². The maximum absolute atomic E-state index is 12.5. The molecule has 1 heterocycles. The number of nitrogens with zero attached hydrogens (tertiary/aromatic N) is 3. The van der Waals surface area contributed by atoms with Crippen LogP contribution >= 0.6 is 23.2 Å². The normalized spacial score (nSPS) is 11.0. The summed E-state index contributed by atoms with van der Waals surface area (Å²) < 4.78 is 1.69. The zero-order valence-corrected chi connectivity index (χ0v) is 14.4. The second kappa shape index (κ2) is 7.16. The summed E-state index contributed by atoms with van der Waals surface area (Å²) in [6, 6.07) is 5.44. The van der Waals surface area contributed by atoms with Crippen LogP contribution in [0, 0.1) is 5.92 Å². The lowest BCUT2D eigenvalue weighted by atomic mass is 10.2. The zero-order valence-electron chi connectivity index (χ0n) is 12.9. The van der Waals surface area contributed by atoms with Crippen LogP contribution in [0.3, 0.4) is 0 Å². The minimum atomic E-state index is -0.0845. The van der Waals surface area contributed by atoms with Crippen molar-refractivity contribution in [3.8, 4) is 0 Å². The molecule has 1 aromatic heterocycles. The van der Waals surface area contributed by atoms with Gasteiger partial charge in [-0.05, 0) is 23.6 Å². The first-order chi connectivity index (χ1) is 10.4. The average Bonchev–Trinajstić information content (AvgIpc) is 2.44. The standard InChI is InChI=1S/C16H19Cl2N3O/c1-11(2)9-21-7-6-19-15(16(21)22)20(3)10-12-4-5-13(17)14(18)8-12/h4-8,11H,9-10H2,1-3H3. The molecule has 0 radical (unpaired) electrons. The summed E-state index contributed by atoms with van der Waals surface area (Å²) in [5, 5.41) is 1.02. The van der Waals surface area contributed by atoms with Gasteiger partial charge in [0.2, 0.25) is 0 Å². The number of rotatable bonds is 5. The number of aromatic nitrogens is 2. The van der Waals surface area contributed by atoms with Crippen molar-refractivity contribution in [2.24, 2.45) is 5.92 Å². The molecular weight excluding hydrogens is 321 g/mol. The van der Waals surface area contributed by atoms with Crippen LogP contribution < -0.4 is 10.5 Å². The molecule has 0 atom stereocenters. The highest BCUT2D eigenvalue weighted by atomic mass is 35.5. The molecule has 0 aliphatic heterocycles. The van der Waals surface area contributed by atoms with E-state index in [4.69, 9.17) is 23.2 Å². The van der Waals surface area contributed by atoms with E-state index in [9.17, 15) is 4.79 Å². The Kier molecular flexibility index (Phi) is 5.48. The van der Waals surface area contributed by atoms with Gasteiger partial charge in [0.15, 0.2) is 5.82 Å². The molecule has 0 saturated heterocycles. The molecule has 0 aliphatic carbocycles. The topological polar surface area (TPSA) is 38.1 Å². The second-order valence-electron chi connectivity index (χ2n) is 5.71. The summed E-state index contributed by atoms with van der Waals surface area (Å²) >= 11 is 11.9. The van der Waals surface area contributed by atoms with Crippen molar-refractivity contribution in [2.75, 3.05) is 11.9 Å². The van der Waals surface area contributed by atoms with Gasteiger partial charge in [0.05, 0.1) is 10.0 Å². The molecule has 0 fully saturated rings. The lowest BCUT2D eigenvalue weighted by molar-refractivity contribution is 0.508. The number of halogens is 2. The van der Waals surface area contributed by atoms with E-state index in [-0.39, 0.29) is 5.56 Å². The van der Waals surface area contributed by atoms with Gasteiger partial charge in [0, 0.05) is 32.5 Å². The highest BCUT2D eigenvalue weighted by molar-refractivity contribution is 6.42. The summed E-state index contributed by atoms with van der Waals surface area (Å²) in [6.07, 6.45) is 3.38. The molecule has 2 rings (SSSR count). The van der Waals surface area contributed by atoms with E-state index in [1.54, 1.807) is 29.1 Å². The molecule has 1 aromatic carbocycles. The second-order valence-corrected chi connectivity index (χ2v) is 6.52. The molecule has 0 aliphatic rings. The molecule has 22 heavy (non-hydrogen) atoms. The van der Waals surface area contributed by atoms with Crippen molar-refractivity contribution < 1.29 is 0 Å². The number of benzene rings is 1. The van der Waals surface area contributed by atoms with E-state index in [1.165, 1.54) is 0 Å². The van der Waals surface area contributed by atoms with Crippen molar-refractivity contribution in [1.82, 2.24) is 9.55 Å². The maximum atomic E-state index is 12.5. The Morgan fingerprint density at radius 3 is 2.64 bits per heavy atom. The van der Waals surface area contributed by atoms with Crippen LogP contribution in [0.5, 0.6) is 0 Å². The first-order valence-electron chi connectivity index (χ1n) is 7.09. The van der Waals surface area contributed by atoms with E-state index in [0.29, 0.717) is 34.9 Å². The van der Waals surface area contributed by atoms with Crippen molar-refractivity contribution in [1.29, 1.82) is 0 Å². The summed E-state index contributed by atoms with van der Waals surface area (Å²) in [7, 11) is 1.84. The lowest BCUT2D eigenvalue weighted by Crippen LogP contribution is -2.31. The van der Waals surface area contributed by atoms with Gasteiger partial charge in [-0.15, -0.1) is 0 Å². The smallest absolute Gasteiger partial charge is 0.293 e. The van der Waals surface area contributed by atoms with E-state index < -0.39 is 0 Å². The third-order valence-corrected chi connectivity index (χ3v) is 3.96. The monoisotopic (exact) mass is 339 g/mol. The SMILES string of the molecule is CC(C)Cn1ccnc(N(C)Cc2ccc(Cl)c(Cl)c2)c1=O. The molecule has 6 heteroatoms. The molecule has 0 bridgehead atoms. The van der Waals surface area contributed by atoms with Gasteiger partial charge in [-0.1, -0.05) is 43.1 Å². The van der Waals surface area contributed by atoms with E-state index >= 15 is 0 Å². The highest BCUT2D eigenvalue weighted by Gasteiger charge is 2.12. The van der Waals surface area contributed by atoms with Gasteiger partial charge < -0.3 is 9.47 Å². The summed E-state index contributed by atoms with van der Waals surface area (Å²) in [5.41, 5.74) is 0.885. The summed E-state index contributed by atoms with van der Waals surface area (Å²) in [5.74, 6) is 0.822. The molecule has 0 saturated carbocycles. The first-order valence-corrected chi connectivity index (χ1v) is 7.84. The Morgan fingerprint density at radius 1 is 1.27 bits per heavy atom. The van der Waals surface area contributed by atoms with Crippen LogP contribution in [0.15, 0.2) is 35.4 Å². The molecular formula is C16H19Cl2N3O. The highest BCUT2D eigenvalue weighted by Crippen LogP contribution is 2.23. The Hall–Kier alpha value is -1.52. The predicted molar refractivity (Wildman–Crippen MR) is 91.9 cm³/mol. The van der Waals surface area contributed by atoms with Gasteiger partial charge >= 0.3 is 0 Å². The zero-order chi connectivity index (χ0) is 16.3. The Morgan fingerprint density at radius 2 is 2.00 bits per heavy atom. The summed E-state index contributed by atoms with van der Waals surface area (Å²) in [4.78, 5) is 18.5. The van der Waals surface area contributed by atoms with Crippen LogP contribution in [-0.2, 0) is 13.1 Å². The quantitative estimate of drug-likeness (QED) is 0.830. The number of anilines is 1. The van der Waals surface area contributed by atoms with Gasteiger partial charge in [-0.25, -0.2) is 4.98 Å². The van der Waals surface area contributed by atoms with E-state index in [1.807, 2.05) is 18.0 Å². The maximum Gasteiger partial charge on any atom is 0.293 e. The van der Waals surface area contributed by atoms with Crippen LogP contribution in [0.25, 0.3) is 0 Å². The van der Waals surface area contributed by atoms with Crippen molar-refractivity contribution >= 4 is 29.0 Å². The van der Waals surface area contributed by atoms with Gasteiger partial charge in [0.25, 0.3) is 5.56 Å². The minimum absolute atomic E-state index is 0.0845. The van der Waals surface area contributed by atoms with Gasteiger partial charge in [-0.2, -0.15) is 0 Å². The minimum Gasteiger partial charge on any atom is -0.351 e. The Balaban J connectivity index is 2.24. The van der Waals surface area contributed by atoms with Crippen LogP contribution in [0.4, 0.5) is 5.82 Å². The molecule has 2 aromatic rings. The number of hydrogen-bond donors (Lipinski definition) is 0. The van der Waals surface area contributed by atoms with Crippen molar-refractivity contribution in [3.63, 3.8) is 0 Å². The van der Waals surface area contributed by atoms with Crippen LogP contribution in [0.1, 0.15) is 19.4 Å². The molecule has 0 N–H and O–H groups in total. The van der Waals surface area contributed by atoms with Gasteiger partial charge in [0.1, 0.15) is 0 Å². The largest absolute Gasteiger partial charge is 0.351 e. The Labute approximate surface area is 140 Å². The first kappa shape index (κ1) is 16.8. The lowest BCUT2D eigenvalue weighted by Gasteiger charge is -2.19. The van der Waals surface area contributed by atoms with Crippen LogP contribution in [0.2, 0.25) is 10.0 Å². The number of hydrogen-bond acceptors (Lipinski definition) is 3. The fourth-order valence-corrected chi connectivity index (χ4v) is 2.54. The third kappa shape index (κ3) is 4.02. The molecule has 0 amide bonds. The van der Waals surface area contributed by atoms with Crippen molar-refractivity contribution in [3.05, 3.63) is 56.6 Å². The van der Waals surface area contributed by atoms with Crippen molar-refractivity contribution in [2.45, 2.75) is 26.9 Å². The average molecular weight is 340 g/mol. The van der Waals surface area contributed by atoms with E-state index in [2.05, 4.69) is 18.8 Å². The molecule has 118 valence electrons. The fraction of sp³-hybridized carbons (Fsp3) is 0.375. The molecule has 0 unspecified atom stereocenters.